The van der Waals surface area contributed by atoms with Gasteiger partial charge in [-0.1, -0.05) is 34.1 Å². The molecule has 0 fully saturated rings. The predicted molar refractivity (Wildman–Crippen MR) is 86.4 cm³/mol. The fourth-order valence-corrected chi connectivity index (χ4v) is 2.02. The van der Waals surface area contributed by atoms with Crippen LogP contribution in [0.5, 0.6) is 5.75 Å². The van der Waals surface area contributed by atoms with E-state index >= 15 is 0 Å². The van der Waals surface area contributed by atoms with Crippen molar-refractivity contribution >= 4 is 27.5 Å². The van der Waals surface area contributed by atoms with Crippen LogP contribution in [0.2, 0.25) is 0 Å². The van der Waals surface area contributed by atoms with E-state index in [1.807, 2.05) is 12.1 Å². The lowest BCUT2D eigenvalue weighted by Gasteiger charge is -2.06. The summed E-state index contributed by atoms with van der Waals surface area (Å²) in [7, 11) is 0. The molecule has 2 rings (SSSR count). The molecule has 2 aromatic rings. The van der Waals surface area contributed by atoms with E-state index in [0.717, 1.165) is 10.0 Å². The molecule has 2 aromatic carbocycles. The summed E-state index contributed by atoms with van der Waals surface area (Å²) in [6.07, 6.45) is 0. The Hall–Kier alpha value is -2.21. The molecule has 1 amide bonds. The SMILES string of the molecule is C/C(=N/NC(=O)COc1cccc(Br)c1)c1ccc(F)cc1. The van der Waals surface area contributed by atoms with Crippen LogP contribution in [0.15, 0.2) is 58.1 Å². The quantitative estimate of drug-likeness (QED) is 0.651. The summed E-state index contributed by atoms with van der Waals surface area (Å²) in [4.78, 5) is 11.7. The third kappa shape index (κ3) is 4.96. The number of carbonyl (C=O) groups is 1. The van der Waals surface area contributed by atoms with Crippen LogP contribution in [0.25, 0.3) is 0 Å². The summed E-state index contributed by atoms with van der Waals surface area (Å²) in [5, 5.41) is 3.96. The number of nitrogens with zero attached hydrogens (tertiary/aromatic N) is 1. The first-order valence-corrected chi connectivity index (χ1v) is 7.31. The Balaban J connectivity index is 1.86. The molecule has 0 spiro atoms. The minimum absolute atomic E-state index is 0.142. The number of halogens is 2. The van der Waals surface area contributed by atoms with Crippen LogP contribution in [0.4, 0.5) is 4.39 Å². The third-order valence-corrected chi connectivity index (χ3v) is 3.27. The van der Waals surface area contributed by atoms with Gasteiger partial charge >= 0.3 is 0 Å². The van der Waals surface area contributed by atoms with E-state index in [2.05, 4.69) is 26.5 Å². The van der Waals surface area contributed by atoms with Crippen molar-refractivity contribution in [2.24, 2.45) is 5.10 Å². The summed E-state index contributed by atoms with van der Waals surface area (Å²) in [6.45, 7) is 1.58. The fourth-order valence-electron chi connectivity index (χ4n) is 1.64. The molecule has 22 heavy (non-hydrogen) atoms. The van der Waals surface area contributed by atoms with Crippen molar-refractivity contribution in [2.45, 2.75) is 6.92 Å². The Labute approximate surface area is 136 Å². The van der Waals surface area contributed by atoms with Gasteiger partial charge in [-0.3, -0.25) is 4.79 Å². The van der Waals surface area contributed by atoms with E-state index in [1.165, 1.54) is 12.1 Å². The van der Waals surface area contributed by atoms with E-state index < -0.39 is 0 Å². The highest BCUT2D eigenvalue weighted by atomic mass is 79.9. The van der Waals surface area contributed by atoms with Crippen LogP contribution in [-0.2, 0) is 4.79 Å². The second-order valence-corrected chi connectivity index (χ2v) is 5.40. The molecule has 0 aromatic heterocycles. The van der Waals surface area contributed by atoms with E-state index in [0.29, 0.717) is 11.5 Å². The zero-order valence-electron chi connectivity index (χ0n) is 11.8. The molecule has 0 saturated heterocycles. The summed E-state index contributed by atoms with van der Waals surface area (Å²) >= 11 is 3.32. The normalized spacial score (nSPS) is 11.1. The van der Waals surface area contributed by atoms with Crippen LogP contribution < -0.4 is 10.2 Å². The number of benzene rings is 2. The second kappa shape index (κ2) is 7.70. The van der Waals surface area contributed by atoms with Gasteiger partial charge in [-0.25, -0.2) is 9.82 Å². The van der Waals surface area contributed by atoms with E-state index in [1.54, 1.807) is 31.2 Å². The lowest BCUT2D eigenvalue weighted by Crippen LogP contribution is -2.25. The van der Waals surface area contributed by atoms with Crippen molar-refractivity contribution in [1.29, 1.82) is 0 Å². The second-order valence-electron chi connectivity index (χ2n) is 4.49. The maximum absolute atomic E-state index is 12.8. The summed E-state index contributed by atoms with van der Waals surface area (Å²) in [5.74, 6) is -0.104. The average Bonchev–Trinajstić information content (AvgIpc) is 2.51. The molecular weight excluding hydrogens is 351 g/mol. The molecule has 0 aliphatic rings. The molecule has 4 nitrogen and oxygen atoms in total. The number of nitrogens with one attached hydrogen (secondary N) is 1. The van der Waals surface area contributed by atoms with Crippen LogP contribution in [-0.4, -0.2) is 18.2 Å². The molecule has 0 heterocycles. The van der Waals surface area contributed by atoms with Crippen molar-refractivity contribution in [1.82, 2.24) is 5.43 Å². The highest BCUT2D eigenvalue weighted by Gasteiger charge is 2.03. The van der Waals surface area contributed by atoms with E-state index in [9.17, 15) is 9.18 Å². The van der Waals surface area contributed by atoms with Gasteiger partial charge in [0, 0.05) is 4.47 Å². The van der Waals surface area contributed by atoms with Crippen molar-refractivity contribution in [3.8, 4) is 5.75 Å². The molecule has 0 aliphatic carbocycles. The van der Waals surface area contributed by atoms with Crippen molar-refractivity contribution < 1.29 is 13.9 Å². The molecule has 0 radical (unpaired) electrons. The number of hydrogen-bond donors (Lipinski definition) is 1. The Kier molecular flexibility index (Phi) is 5.66. The Morgan fingerprint density at radius 1 is 1.27 bits per heavy atom. The number of hydrogen-bond acceptors (Lipinski definition) is 3. The Bertz CT molecular complexity index is 687. The molecule has 0 aliphatic heterocycles. The van der Waals surface area contributed by atoms with Crippen molar-refractivity contribution in [3.05, 3.63) is 64.4 Å². The van der Waals surface area contributed by atoms with Gasteiger partial charge < -0.3 is 4.74 Å². The number of hydrazone groups is 1. The zero-order valence-corrected chi connectivity index (χ0v) is 13.4. The summed E-state index contributed by atoms with van der Waals surface area (Å²) < 4.78 is 19.0. The van der Waals surface area contributed by atoms with Crippen LogP contribution in [0.3, 0.4) is 0 Å². The van der Waals surface area contributed by atoms with Gasteiger partial charge in [-0.15, -0.1) is 0 Å². The van der Waals surface area contributed by atoms with E-state index in [4.69, 9.17) is 4.74 Å². The third-order valence-electron chi connectivity index (χ3n) is 2.78. The number of carbonyl (C=O) groups excluding carboxylic acids is 1. The standard InChI is InChI=1S/C16H14BrFN2O2/c1-11(12-5-7-14(18)8-6-12)19-20-16(21)10-22-15-4-2-3-13(17)9-15/h2-9H,10H2,1H3,(H,20,21)/b19-11-. The minimum atomic E-state index is -0.374. The summed E-state index contributed by atoms with van der Waals surface area (Å²) in [5.41, 5.74) is 3.71. The van der Waals surface area contributed by atoms with Crippen LogP contribution in [0, 0.1) is 5.82 Å². The highest BCUT2D eigenvalue weighted by molar-refractivity contribution is 9.10. The summed E-state index contributed by atoms with van der Waals surface area (Å²) in [6, 6.07) is 13.1. The topological polar surface area (TPSA) is 50.7 Å². The van der Waals surface area contributed by atoms with Crippen LogP contribution in [0.1, 0.15) is 12.5 Å². The van der Waals surface area contributed by atoms with Gasteiger partial charge in [-0.05, 0) is 42.8 Å². The van der Waals surface area contributed by atoms with Gasteiger partial charge in [-0.2, -0.15) is 5.10 Å². The molecule has 6 heteroatoms. The van der Waals surface area contributed by atoms with Gasteiger partial charge in [0.15, 0.2) is 6.61 Å². The Morgan fingerprint density at radius 3 is 2.68 bits per heavy atom. The maximum atomic E-state index is 12.8. The first-order valence-electron chi connectivity index (χ1n) is 6.52. The molecule has 0 unspecified atom stereocenters. The first-order chi connectivity index (χ1) is 10.5. The molecular formula is C16H14BrFN2O2. The molecule has 0 bridgehead atoms. The fraction of sp³-hybridized carbons (Fsp3) is 0.125. The minimum Gasteiger partial charge on any atom is -0.484 e. The monoisotopic (exact) mass is 364 g/mol. The average molecular weight is 365 g/mol. The van der Waals surface area contributed by atoms with Crippen molar-refractivity contribution in [3.63, 3.8) is 0 Å². The maximum Gasteiger partial charge on any atom is 0.277 e. The lowest BCUT2D eigenvalue weighted by molar-refractivity contribution is -0.123. The van der Waals surface area contributed by atoms with Gasteiger partial charge in [0.2, 0.25) is 0 Å². The van der Waals surface area contributed by atoms with Crippen LogP contribution >= 0.6 is 15.9 Å². The zero-order chi connectivity index (χ0) is 15.9. The number of ether oxygens (including phenoxy) is 1. The highest BCUT2D eigenvalue weighted by Crippen LogP contribution is 2.17. The number of rotatable bonds is 5. The van der Waals surface area contributed by atoms with Crippen molar-refractivity contribution in [2.75, 3.05) is 6.61 Å². The molecule has 114 valence electrons. The molecule has 0 saturated carbocycles. The van der Waals surface area contributed by atoms with Gasteiger partial charge in [0.05, 0.1) is 5.71 Å². The van der Waals surface area contributed by atoms with Gasteiger partial charge in [0.1, 0.15) is 11.6 Å². The number of amides is 1. The van der Waals surface area contributed by atoms with Gasteiger partial charge in [0.25, 0.3) is 5.91 Å². The predicted octanol–water partition coefficient (Wildman–Crippen LogP) is 3.51. The lowest BCUT2D eigenvalue weighted by atomic mass is 10.1. The Morgan fingerprint density at radius 2 is 2.00 bits per heavy atom. The smallest absolute Gasteiger partial charge is 0.277 e. The van der Waals surface area contributed by atoms with E-state index in [-0.39, 0.29) is 18.3 Å². The first kappa shape index (κ1) is 16.2. The largest absolute Gasteiger partial charge is 0.484 e. The molecule has 0 atom stereocenters. The molecule has 1 N–H and O–H groups in total.